The lowest BCUT2D eigenvalue weighted by Crippen LogP contribution is -2.07. The Morgan fingerprint density at radius 3 is 1.92 bits per heavy atom. The van der Waals surface area contributed by atoms with E-state index in [2.05, 4.69) is 6.92 Å². The van der Waals surface area contributed by atoms with E-state index in [0.29, 0.717) is 25.2 Å². The van der Waals surface area contributed by atoms with Crippen molar-refractivity contribution in [2.45, 2.75) is 39.0 Å². The van der Waals surface area contributed by atoms with Crippen LogP contribution in [0, 0.1) is 0 Å². The van der Waals surface area contributed by atoms with Gasteiger partial charge < -0.3 is 9.47 Å². The Balaban J connectivity index is 1.85. The first-order valence-electron chi connectivity index (χ1n) is 8.81. The number of carbonyl (C=O) groups excluding carboxylic acids is 2. The molecule has 0 saturated heterocycles. The summed E-state index contributed by atoms with van der Waals surface area (Å²) in [5.41, 5.74) is 2.10. The zero-order valence-corrected chi connectivity index (χ0v) is 15.6. The molecule has 138 valence electrons. The molecule has 2 rings (SSSR count). The molecule has 0 aliphatic carbocycles. The Labute approximate surface area is 159 Å². The van der Waals surface area contributed by atoms with Crippen molar-refractivity contribution in [3.63, 3.8) is 0 Å². The van der Waals surface area contributed by atoms with Crippen LogP contribution in [-0.2, 0) is 9.59 Å². The topological polar surface area (TPSA) is 52.6 Å². The first kappa shape index (κ1) is 20.0. The minimum atomic E-state index is -0.376. The van der Waals surface area contributed by atoms with Crippen LogP contribution >= 0.6 is 11.6 Å². The van der Waals surface area contributed by atoms with Crippen LogP contribution in [0.25, 0.3) is 11.1 Å². The van der Waals surface area contributed by atoms with Gasteiger partial charge in [0, 0.05) is 12.8 Å². The first-order valence-corrected chi connectivity index (χ1v) is 9.18. The van der Waals surface area contributed by atoms with Gasteiger partial charge in [0.05, 0.1) is 6.61 Å². The third-order valence-electron chi connectivity index (χ3n) is 3.75. The van der Waals surface area contributed by atoms with Gasteiger partial charge in [-0.25, -0.2) is 0 Å². The zero-order chi connectivity index (χ0) is 18.8. The van der Waals surface area contributed by atoms with Gasteiger partial charge in [-0.05, 0) is 66.3 Å². The maximum Gasteiger partial charge on any atom is 0.311 e. The van der Waals surface area contributed by atoms with Crippen molar-refractivity contribution < 1.29 is 19.1 Å². The highest BCUT2D eigenvalue weighted by molar-refractivity contribution is 6.63. The van der Waals surface area contributed by atoms with Crippen molar-refractivity contribution in [3.8, 4) is 22.6 Å². The lowest BCUT2D eigenvalue weighted by molar-refractivity contribution is -0.134. The van der Waals surface area contributed by atoms with Crippen LogP contribution in [-0.4, -0.2) is 17.8 Å². The minimum absolute atomic E-state index is 0.269. The largest absolute Gasteiger partial charge is 0.494 e. The molecular formula is C21H23ClO4. The summed E-state index contributed by atoms with van der Waals surface area (Å²) in [5.74, 6) is 1.06. The highest BCUT2D eigenvalue weighted by atomic mass is 35.5. The Kier molecular flexibility index (Phi) is 8.16. The summed E-state index contributed by atoms with van der Waals surface area (Å²) in [6, 6.07) is 15.3. The van der Waals surface area contributed by atoms with Crippen molar-refractivity contribution >= 4 is 22.8 Å². The van der Waals surface area contributed by atoms with Crippen LogP contribution in [0.4, 0.5) is 0 Å². The monoisotopic (exact) mass is 374 g/mol. The number of benzene rings is 2. The molecule has 0 bridgehead atoms. The second-order valence-electron chi connectivity index (χ2n) is 5.93. The SMILES string of the molecule is CCCOc1ccc(-c2ccc(OC(=O)CCCCC(=O)Cl)cc2)cc1. The molecule has 0 aliphatic heterocycles. The summed E-state index contributed by atoms with van der Waals surface area (Å²) in [6.45, 7) is 2.78. The van der Waals surface area contributed by atoms with Crippen LogP contribution in [0.5, 0.6) is 11.5 Å². The molecule has 2 aromatic carbocycles. The Bertz CT molecular complexity index is 708. The number of ether oxygens (including phenoxy) is 2. The van der Waals surface area contributed by atoms with Crippen molar-refractivity contribution in [3.05, 3.63) is 48.5 Å². The number of hydrogen-bond donors (Lipinski definition) is 0. The summed E-state index contributed by atoms with van der Waals surface area (Å²) in [7, 11) is 0. The van der Waals surface area contributed by atoms with Gasteiger partial charge in [0.25, 0.3) is 0 Å². The molecule has 0 unspecified atom stereocenters. The molecular weight excluding hydrogens is 352 g/mol. The summed E-state index contributed by atoms with van der Waals surface area (Å²) in [5, 5.41) is -0.376. The van der Waals surface area contributed by atoms with Crippen molar-refractivity contribution in [1.29, 1.82) is 0 Å². The molecule has 0 aromatic heterocycles. The van der Waals surface area contributed by atoms with Gasteiger partial charge in [-0.3, -0.25) is 9.59 Å². The fourth-order valence-corrected chi connectivity index (χ4v) is 2.53. The molecule has 4 nitrogen and oxygen atoms in total. The average molecular weight is 375 g/mol. The summed E-state index contributed by atoms with van der Waals surface area (Å²) in [4.78, 5) is 22.4. The minimum Gasteiger partial charge on any atom is -0.494 e. The van der Waals surface area contributed by atoms with Crippen LogP contribution in [0.2, 0.25) is 0 Å². The zero-order valence-electron chi connectivity index (χ0n) is 14.9. The van der Waals surface area contributed by atoms with E-state index < -0.39 is 0 Å². The van der Waals surface area contributed by atoms with Crippen LogP contribution < -0.4 is 9.47 Å². The highest BCUT2D eigenvalue weighted by Gasteiger charge is 2.06. The lowest BCUT2D eigenvalue weighted by Gasteiger charge is -2.08. The fourth-order valence-electron chi connectivity index (χ4n) is 2.39. The second-order valence-corrected chi connectivity index (χ2v) is 6.36. The van der Waals surface area contributed by atoms with E-state index in [1.54, 1.807) is 12.1 Å². The van der Waals surface area contributed by atoms with Crippen molar-refractivity contribution in [1.82, 2.24) is 0 Å². The van der Waals surface area contributed by atoms with Crippen LogP contribution in [0.15, 0.2) is 48.5 Å². The first-order chi connectivity index (χ1) is 12.6. The van der Waals surface area contributed by atoms with Gasteiger partial charge in [0.1, 0.15) is 11.5 Å². The molecule has 0 heterocycles. The molecule has 2 aromatic rings. The molecule has 5 heteroatoms. The number of halogens is 1. The number of carbonyl (C=O) groups is 2. The number of esters is 1. The van der Waals surface area contributed by atoms with Gasteiger partial charge in [-0.15, -0.1) is 0 Å². The average Bonchev–Trinajstić information content (AvgIpc) is 2.64. The Morgan fingerprint density at radius 2 is 1.38 bits per heavy atom. The van der Waals surface area contributed by atoms with E-state index in [0.717, 1.165) is 23.3 Å². The summed E-state index contributed by atoms with van der Waals surface area (Å²) >= 11 is 5.26. The summed E-state index contributed by atoms with van der Waals surface area (Å²) < 4.78 is 10.9. The van der Waals surface area contributed by atoms with Crippen molar-refractivity contribution in [2.75, 3.05) is 6.61 Å². The third-order valence-corrected chi connectivity index (χ3v) is 3.94. The molecule has 0 N–H and O–H groups in total. The van der Waals surface area contributed by atoms with Gasteiger partial charge in [-0.1, -0.05) is 31.2 Å². The van der Waals surface area contributed by atoms with Crippen LogP contribution in [0.1, 0.15) is 39.0 Å². The van der Waals surface area contributed by atoms with E-state index in [9.17, 15) is 9.59 Å². The van der Waals surface area contributed by atoms with Crippen LogP contribution in [0.3, 0.4) is 0 Å². The molecule has 0 radical (unpaired) electrons. The quantitative estimate of drug-likeness (QED) is 0.242. The molecule has 0 spiro atoms. The molecule has 0 amide bonds. The standard InChI is InChI=1S/C21H23ClO4/c1-2-15-25-18-11-7-16(8-12-18)17-9-13-19(14-10-17)26-21(24)6-4-3-5-20(22)23/h7-14H,2-6,15H2,1H3. The van der Waals surface area contributed by atoms with E-state index >= 15 is 0 Å². The van der Waals surface area contributed by atoms with Gasteiger partial charge in [0.2, 0.25) is 5.24 Å². The smallest absolute Gasteiger partial charge is 0.311 e. The third kappa shape index (κ3) is 6.89. The predicted molar refractivity (Wildman–Crippen MR) is 103 cm³/mol. The van der Waals surface area contributed by atoms with Gasteiger partial charge in [0.15, 0.2) is 0 Å². The Hall–Kier alpha value is -2.33. The Morgan fingerprint density at radius 1 is 0.846 bits per heavy atom. The van der Waals surface area contributed by atoms with E-state index in [4.69, 9.17) is 21.1 Å². The maximum atomic E-state index is 11.8. The van der Waals surface area contributed by atoms with Gasteiger partial charge >= 0.3 is 5.97 Å². The second kappa shape index (κ2) is 10.6. The van der Waals surface area contributed by atoms with E-state index in [1.165, 1.54) is 0 Å². The molecule has 26 heavy (non-hydrogen) atoms. The summed E-state index contributed by atoms with van der Waals surface area (Å²) in [6.07, 6.45) is 2.71. The number of rotatable bonds is 10. The van der Waals surface area contributed by atoms with Crippen molar-refractivity contribution in [2.24, 2.45) is 0 Å². The molecule has 0 aliphatic rings. The van der Waals surface area contributed by atoms with E-state index in [-0.39, 0.29) is 24.1 Å². The van der Waals surface area contributed by atoms with Gasteiger partial charge in [-0.2, -0.15) is 0 Å². The lowest BCUT2D eigenvalue weighted by atomic mass is 10.1. The predicted octanol–water partition coefficient (Wildman–Crippen LogP) is 5.37. The number of unbranched alkanes of at least 4 members (excludes halogenated alkanes) is 1. The maximum absolute atomic E-state index is 11.8. The number of hydrogen-bond acceptors (Lipinski definition) is 4. The molecule has 0 fully saturated rings. The molecule has 0 atom stereocenters. The normalized spacial score (nSPS) is 10.4. The molecule has 0 saturated carbocycles. The fraction of sp³-hybridized carbons (Fsp3) is 0.333. The highest BCUT2D eigenvalue weighted by Crippen LogP contribution is 2.25. The van der Waals surface area contributed by atoms with E-state index in [1.807, 2.05) is 36.4 Å².